The van der Waals surface area contributed by atoms with Crippen LogP contribution in [0.1, 0.15) is 18.8 Å². The molecule has 0 aliphatic heterocycles. The molecule has 0 saturated carbocycles. The maximum absolute atomic E-state index is 5.39. The molecule has 0 aliphatic rings. The minimum absolute atomic E-state index is 0.0276. The van der Waals surface area contributed by atoms with E-state index in [4.69, 9.17) is 5.73 Å². The Morgan fingerprint density at radius 3 is 3.00 bits per heavy atom. The normalized spacial score (nSPS) is 13.0. The van der Waals surface area contributed by atoms with E-state index in [9.17, 15) is 0 Å². The highest BCUT2D eigenvalue weighted by Crippen LogP contribution is 2.11. The summed E-state index contributed by atoms with van der Waals surface area (Å²) < 4.78 is 1.78. The van der Waals surface area contributed by atoms with E-state index >= 15 is 0 Å². The van der Waals surface area contributed by atoms with Gasteiger partial charge >= 0.3 is 0 Å². The third kappa shape index (κ3) is 1.37. The molecule has 6 nitrogen and oxygen atoms in total. The molecule has 0 amide bonds. The smallest absolute Gasteiger partial charge is 0.239 e. The summed E-state index contributed by atoms with van der Waals surface area (Å²) in [7, 11) is 0. The molecule has 2 aromatic rings. The van der Waals surface area contributed by atoms with Gasteiger partial charge in [0.2, 0.25) is 5.95 Å². The lowest BCUT2D eigenvalue weighted by molar-refractivity contribution is 0.538. The number of rotatable bonds is 2. The Morgan fingerprint density at radius 2 is 2.46 bits per heavy atom. The molecule has 2 heterocycles. The van der Waals surface area contributed by atoms with Crippen LogP contribution in [0.3, 0.4) is 0 Å². The zero-order chi connectivity index (χ0) is 9.26. The summed E-state index contributed by atoms with van der Waals surface area (Å²) in [6.45, 7) is 1.97. The van der Waals surface area contributed by atoms with Crippen molar-refractivity contribution < 1.29 is 0 Å². The predicted molar refractivity (Wildman–Crippen MR) is 46.8 cm³/mol. The first kappa shape index (κ1) is 7.78. The van der Waals surface area contributed by atoms with E-state index in [1.54, 1.807) is 10.9 Å². The van der Waals surface area contributed by atoms with Gasteiger partial charge in [-0.15, -0.1) is 5.10 Å². The molecular weight excluding hydrogens is 168 g/mol. The molecule has 0 fully saturated rings. The van der Waals surface area contributed by atoms with Gasteiger partial charge in [-0.1, -0.05) is 0 Å². The Hall–Kier alpha value is -1.85. The molecule has 0 aromatic carbocycles. The van der Waals surface area contributed by atoms with Crippen molar-refractivity contribution >= 4 is 5.95 Å². The highest BCUT2D eigenvalue weighted by molar-refractivity contribution is 5.14. The summed E-state index contributed by atoms with van der Waals surface area (Å²) in [6, 6.07) is 1.88. The van der Waals surface area contributed by atoms with Gasteiger partial charge in [0, 0.05) is 12.4 Å². The van der Waals surface area contributed by atoms with Crippen LogP contribution in [-0.4, -0.2) is 25.0 Å². The van der Waals surface area contributed by atoms with Crippen molar-refractivity contribution in [3.8, 4) is 0 Å². The number of aromatic amines is 1. The maximum Gasteiger partial charge on any atom is 0.239 e. The molecule has 2 aromatic heterocycles. The summed E-state index contributed by atoms with van der Waals surface area (Å²) in [5.74, 6) is 0.968. The summed E-state index contributed by atoms with van der Waals surface area (Å²) in [6.07, 6.45) is 3.58. The molecule has 0 radical (unpaired) electrons. The molecule has 6 heteroatoms. The quantitative estimate of drug-likeness (QED) is 0.687. The first-order valence-electron chi connectivity index (χ1n) is 3.94. The number of aromatic nitrogens is 5. The van der Waals surface area contributed by atoms with Gasteiger partial charge in [-0.3, -0.25) is 9.78 Å². The molecule has 3 N–H and O–H groups in total. The van der Waals surface area contributed by atoms with Crippen molar-refractivity contribution in [1.82, 2.24) is 25.0 Å². The maximum atomic E-state index is 5.39. The number of anilines is 1. The van der Waals surface area contributed by atoms with Gasteiger partial charge in [0.25, 0.3) is 0 Å². The van der Waals surface area contributed by atoms with E-state index < -0.39 is 0 Å². The number of H-pyrrole nitrogens is 1. The summed E-state index contributed by atoms with van der Waals surface area (Å²) in [5, 5.41) is 10.6. The molecule has 0 bridgehead atoms. The second-order valence-electron chi connectivity index (χ2n) is 2.74. The van der Waals surface area contributed by atoms with Crippen molar-refractivity contribution in [2.45, 2.75) is 13.0 Å². The number of nitrogens with two attached hydrogens (primary N) is 1. The van der Waals surface area contributed by atoms with Gasteiger partial charge in [0.15, 0.2) is 5.82 Å². The van der Waals surface area contributed by atoms with Crippen LogP contribution < -0.4 is 5.73 Å². The topological polar surface area (TPSA) is 85.4 Å². The van der Waals surface area contributed by atoms with Gasteiger partial charge < -0.3 is 5.73 Å². The molecule has 68 valence electrons. The van der Waals surface area contributed by atoms with Crippen LogP contribution in [0.5, 0.6) is 0 Å². The fraction of sp³-hybridized carbons (Fsp3) is 0.286. The number of hydrogen-bond acceptors (Lipinski definition) is 4. The molecule has 0 aliphatic carbocycles. The predicted octanol–water partition coefficient (Wildman–Crippen LogP) is 0.193. The van der Waals surface area contributed by atoms with Gasteiger partial charge in [-0.2, -0.15) is 10.1 Å². The van der Waals surface area contributed by atoms with Crippen molar-refractivity contribution in [3.63, 3.8) is 0 Å². The minimum Gasteiger partial charge on any atom is -0.367 e. The molecule has 1 unspecified atom stereocenters. The third-order valence-electron chi connectivity index (χ3n) is 1.84. The molecule has 1 atom stereocenters. The van der Waals surface area contributed by atoms with Crippen LogP contribution >= 0.6 is 0 Å². The minimum atomic E-state index is 0.0276. The van der Waals surface area contributed by atoms with Gasteiger partial charge in [0.05, 0.1) is 0 Å². The van der Waals surface area contributed by atoms with Crippen molar-refractivity contribution in [1.29, 1.82) is 0 Å². The van der Waals surface area contributed by atoms with Crippen molar-refractivity contribution in [2.24, 2.45) is 0 Å². The molecule has 0 spiro atoms. The number of nitrogens with zero attached hydrogens (tertiary/aromatic N) is 4. The van der Waals surface area contributed by atoms with E-state index in [-0.39, 0.29) is 12.0 Å². The molecule has 2 rings (SSSR count). The monoisotopic (exact) mass is 178 g/mol. The van der Waals surface area contributed by atoms with Crippen LogP contribution in [0, 0.1) is 0 Å². The lowest BCUT2D eigenvalue weighted by Crippen LogP contribution is -2.08. The summed E-state index contributed by atoms with van der Waals surface area (Å²) >= 11 is 0. The lowest BCUT2D eigenvalue weighted by Gasteiger charge is -2.07. The van der Waals surface area contributed by atoms with Crippen LogP contribution in [-0.2, 0) is 0 Å². The second-order valence-corrected chi connectivity index (χ2v) is 2.74. The van der Waals surface area contributed by atoms with Gasteiger partial charge in [0.1, 0.15) is 6.04 Å². The Labute approximate surface area is 74.8 Å². The first-order valence-corrected chi connectivity index (χ1v) is 3.94. The Bertz CT molecular complexity index is 375. The van der Waals surface area contributed by atoms with E-state index in [2.05, 4.69) is 20.3 Å². The van der Waals surface area contributed by atoms with Gasteiger partial charge in [-0.25, -0.2) is 0 Å². The highest BCUT2D eigenvalue weighted by atomic mass is 15.3. The zero-order valence-corrected chi connectivity index (χ0v) is 7.18. The zero-order valence-electron chi connectivity index (χ0n) is 7.18. The van der Waals surface area contributed by atoms with Crippen molar-refractivity contribution in [2.75, 3.05) is 5.73 Å². The standard InChI is InChI=1S/C7H10N6/c1-5(13-4-2-3-9-13)6-10-7(8)12-11-6/h2-5H,1H3,(H3,8,10,11,12). The SMILES string of the molecule is CC(c1nc(N)n[nH]1)n1cccn1. The molecule has 0 saturated heterocycles. The van der Waals surface area contributed by atoms with E-state index in [0.29, 0.717) is 5.82 Å². The summed E-state index contributed by atoms with van der Waals surface area (Å²) in [5.41, 5.74) is 5.39. The number of hydrogen-bond donors (Lipinski definition) is 2. The summed E-state index contributed by atoms with van der Waals surface area (Å²) in [4.78, 5) is 4.02. The molecular formula is C7H10N6. The third-order valence-corrected chi connectivity index (χ3v) is 1.84. The van der Waals surface area contributed by atoms with E-state index in [1.807, 2.05) is 19.2 Å². The van der Waals surface area contributed by atoms with Crippen LogP contribution in [0.4, 0.5) is 5.95 Å². The van der Waals surface area contributed by atoms with E-state index in [1.165, 1.54) is 0 Å². The Morgan fingerprint density at radius 1 is 1.62 bits per heavy atom. The first-order chi connectivity index (χ1) is 6.27. The largest absolute Gasteiger partial charge is 0.367 e. The average Bonchev–Trinajstić information content (AvgIpc) is 2.72. The van der Waals surface area contributed by atoms with E-state index in [0.717, 1.165) is 0 Å². The fourth-order valence-electron chi connectivity index (χ4n) is 1.11. The van der Waals surface area contributed by atoms with Crippen molar-refractivity contribution in [3.05, 3.63) is 24.3 Å². The highest BCUT2D eigenvalue weighted by Gasteiger charge is 2.11. The van der Waals surface area contributed by atoms with Gasteiger partial charge in [-0.05, 0) is 13.0 Å². The molecule has 13 heavy (non-hydrogen) atoms. The van der Waals surface area contributed by atoms with Crippen LogP contribution in [0.15, 0.2) is 18.5 Å². The fourth-order valence-corrected chi connectivity index (χ4v) is 1.11. The van der Waals surface area contributed by atoms with Crippen LogP contribution in [0.2, 0.25) is 0 Å². The number of nitrogens with one attached hydrogen (secondary N) is 1. The Kier molecular flexibility index (Phi) is 1.73. The second kappa shape index (κ2) is 2.89. The Balaban J connectivity index is 2.28. The number of nitrogen functional groups attached to an aromatic ring is 1. The van der Waals surface area contributed by atoms with Crippen LogP contribution in [0.25, 0.3) is 0 Å². The lowest BCUT2D eigenvalue weighted by atomic mass is 10.3. The average molecular weight is 178 g/mol.